The number of rotatable bonds is 49. The molecule has 0 aromatic rings. The lowest BCUT2D eigenvalue weighted by Crippen LogP contribution is -2.37. The number of unbranched alkanes of at least 4 members (excludes halogenated alkanes) is 23. The standard InChI is InChI=1S/C57H102NO8P/c1-6-8-10-12-14-16-18-19-20-21-22-23-24-25-26-27-28-29-30-31-32-33-34-35-36-37-38-39-40-42-44-46-48-50-57(60)66-55(54-65-67(61,62)64-52-51-58(3,4)5)53-63-56(59)49-47-45-43-41-17-15-13-11-9-7-2/h8,10-11,13-14,16,19-20,22-23,25-26,55H,6-7,9,12,15,17-18,21,24,27-54H2,1-5H3/b10-8-,13-11-,16-14-,20-19-,23-22-,26-25-. The third-order valence-corrected chi connectivity index (χ3v) is 12.4. The summed E-state index contributed by atoms with van der Waals surface area (Å²) in [7, 11) is 1.16. The molecule has 0 aliphatic rings. The summed E-state index contributed by atoms with van der Waals surface area (Å²) < 4.78 is 34.0. The fraction of sp³-hybridized carbons (Fsp3) is 0.754. The molecular formula is C57H102NO8P. The van der Waals surface area contributed by atoms with E-state index in [0.29, 0.717) is 17.4 Å². The Bertz CT molecular complexity index is 1360. The van der Waals surface area contributed by atoms with Crippen LogP contribution in [0.1, 0.15) is 226 Å². The average molecular weight is 960 g/mol. The van der Waals surface area contributed by atoms with E-state index in [2.05, 4.69) is 86.8 Å². The van der Waals surface area contributed by atoms with Crippen LogP contribution in [-0.2, 0) is 32.7 Å². The van der Waals surface area contributed by atoms with Gasteiger partial charge < -0.3 is 27.9 Å². The van der Waals surface area contributed by atoms with Crippen LogP contribution in [0.4, 0.5) is 0 Å². The van der Waals surface area contributed by atoms with Crippen molar-refractivity contribution in [3.8, 4) is 0 Å². The fourth-order valence-electron chi connectivity index (χ4n) is 7.27. The maximum Gasteiger partial charge on any atom is 0.306 e. The van der Waals surface area contributed by atoms with Crippen LogP contribution in [0.25, 0.3) is 0 Å². The Kier molecular flexibility index (Phi) is 46.6. The van der Waals surface area contributed by atoms with Crippen molar-refractivity contribution < 1.29 is 42.1 Å². The molecule has 10 heteroatoms. The lowest BCUT2D eigenvalue weighted by molar-refractivity contribution is -0.870. The lowest BCUT2D eigenvalue weighted by atomic mass is 10.0. The Morgan fingerprint density at radius 3 is 1.28 bits per heavy atom. The highest BCUT2D eigenvalue weighted by Gasteiger charge is 2.21. The first-order chi connectivity index (χ1) is 32.5. The number of carbonyl (C=O) groups excluding carboxylic acids is 2. The van der Waals surface area contributed by atoms with Crippen molar-refractivity contribution in [2.24, 2.45) is 0 Å². The molecule has 0 saturated heterocycles. The molecule has 0 spiro atoms. The van der Waals surface area contributed by atoms with Crippen molar-refractivity contribution in [3.63, 3.8) is 0 Å². The number of carbonyl (C=O) groups is 2. The first kappa shape index (κ1) is 64.5. The molecule has 2 unspecified atom stereocenters. The largest absolute Gasteiger partial charge is 0.756 e. The van der Waals surface area contributed by atoms with Gasteiger partial charge in [0.15, 0.2) is 6.10 Å². The molecule has 388 valence electrons. The SMILES string of the molecule is CC/C=C\C/C=C\C/C=C\C/C=C\C/C=C\CCCCCCCCCCCCCCCCCCCC(=O)OC(COC(=O)CCCCCCC/C=C\CCC)COP(=O)([O-])OCC[N+](C)(C)C. The Balaban J connectivity index is 4.00. The molecule has 0 bridgehead atoms. The van der Waals surface area contributed by atoms with Crippen molar-refractivity contribution in [3.05, 3.63) is 72.9 Å². The molecule has 0 amide bonds. The van der Waals surface area contributed by atoms with E-state index < -0.39 is 32.5 Å². The maximum absolute atomic E-state index is 12.7. The van der Waals surface area contributed by atoms with Gasteiger partial charge in [0.05, 0.1) is 27.7 Å². The molecule has 0 aliphatic carbocycles. The van der Waals surface area contributed by atoms with Crippen LogP contribution in [0.5, 0.6) is 0 Å². The number of esters is 2. The molecule has 2 atom stereocenters. The van der Waals surface area contributed by atoms with Gasteiger partial charge in [-0.1, -0.05) is 209 Å². The number of quaternary nitrogens is 1. The van der Waals surface area contributed by atoms with Gasteiger partial charge in [-0.05, 0) is 77.0 Å². The Hall–Kier alpha value is -2.55. The quantitative estimate of drug-likeness (QED) is 0.0195. The minimum absolute atomic E-state index is 0.0332. The van der Waals surface area contributed by atoms with Crippen molar-refractivity contribution in [1.82, 2.24) is 0 Å². The van der Waals surface area contributed by atoms with Crippen LogP contribution < -0.4 is 4.89 Å². The third-order valence-electron chi connectivity index (χ3n) is 11.4. The second kappa shape index (κ2) is 48.5. The number of hydrogen-bond donors (Lipinski definition) is 0. The molecule has 0 radical (unpaired) electrons. The van der Waals surface area contributed by atoms with Crippen molar-refractivity contribution in [1.29, 1.82) is 0 Å². The van der Waals surface area contributed by atoms with E-state index in [-0.39, 0.29) is 26.1 Å². The summed E-state index contributed by atoms with van der Waals surface area (Å²) in [6.45, 7) is 4.05. The zero-order valence-electron chi connectivity index (χ0n) is 43.8. The minimum atomic E-state index is -4.63. The van der Waals surface area contributed by atoms with Gasteiger partial charge in [-0.15, -0.1) is 0 Å². The molecule has 0 rings (SSSR count). The van der Waals surface area contributed by atoms with Crippen molar-refractivity contribution in [2.45, 2.75) is 232 Å². The van der Waals surface area contributed by atoms with Crippen LogP contribution in [0.3, 0.4) is 0 Å². The van der Waals surface area contributed by atoms with Crippen LogP contribution in [-0.4, -0.2) is 70.0 Å². The van der Waals surface area contributed by atoms with Crippen molar-refractivity contribution in [2.75, 3.05) is 47.5 Å². The van der Waals surface area contributed by atoms with Gasteiger partial charge in [0, 0.05) is 12.8 Å². The number of likely N-dealkylation sites (N-methyl/N-ethyl adjacent to an activating group) is 1. The molecule has 0 aliphatic heterocycles. The zero-order chi connectivity index (χ0) is 49.2. The molecule has 0 aromatic carbocycles. The van der Waals surface area contributed by atoms with E-state index in [1.54, 1.807) is 0 Å². The molecule has 0 fully saturated rings. The monoisotopic (exact) mass is 960 g/mol. The highest BCUT2D eigenvalue weighted by molar-refractivity contribution is 7.45. The molecule has 0 aromatic heterocycles. The minimum Gasteiger partial charge on any atom is -0.756 e. The summed E-state index contributed by atoms with van der Waals surface area (Å²) in [4.78, 5) is 37.6. The Morgan fingerprint density at radius 2 is 0.851 bits per heavy atom. The highest BCUT2D eigenvalue weighted by Crippen LogP contribution is 2.38. The van der Waals surface area contributed by atoms with Crippen molar-refractivity contribution >= 4 is 19.8 Å². The number of phosphoric acid groups is 1. The van der Waals surface area contributed by atoms with Gasteiger partial charge in [0.25, 0.3) is 7.82 Å². The van der Waals surface area contributed by atoms with E-state index in [0.717, 1.165) is 96.3 Å². The summed E-state index contributed by atoms with van der Waals surface area (Å²) in [5, 5.41) is 0. The van der Waals surface area contributed by atoms with E-state index in [1.807, 2.05) is 21.1 Å². The number of allylic oxidation sites excluding steroid dienone is 12. The number of ether oxygens (including phenoxy) is 2. The van der Waals surface area contributed by atoms with E-state index in [4.69, 9.17) is 18.5 Å². The molecule has 67 heavy (non-hydrogen) atoms. The van der Waals surface area contributed by atoms with Gasteiger partial charge in [-0.2, -0.15) is 0 Å². The number of nitrogens with zero attached hydrogens (tertiary/aromatic N) is 1. The molecule has 9 nitrogen and oxygen atoms in total. The summed E-state index contributed by atoms with van der Waals surface area (Å²) >= 11 is 0. The topological polar surface area (TPSA) is 111 Å². The van der Waals surface area contributed by atoms with E-state index in [9.17, 15) is 19.0 Å². The van der Waals surface area contributed by atoms with Crippen LogP contribution in [0.15, 0.2) is 72.9 Å². The molecule has 0 N–H and O–H groups in total. The third kappa shape index (κ3) is 52.7. The number of hydrogen-bond acceptors (Lipinski definition) is 8. The Morgan fingerprint density at radius 1 is 0.478 bits per heavy atom. The second-order valence-corrected chi connectivity index (χ2v) is 20.6. The van der Waals surface area contributed by atoms with Crippen LogP contribution in [0.2, 0.25) is 0 Å². The van der Waals surface area contributed by atoms with Gasteiger partial charge >= 0.3 is 11.9 Å². The van der Waals surface area contributed by atoms with Crippen LogP contribution in [0, 0.1) is 0 Å². The summed E-state index contributed by atoms with van der Waals surface area (Å²) in [5.41, 5.74) is 0. The molecular weight excluding hydrogens is 858 g/mol. The summed E-state index contributed by atoms with van der Waals surface area (Å²) in [5.74, 6) is -0.844. The normalized spacial score (nSPS) is 13.9. The number of phosphoric ester groups is 1. The first-order valence-corrected chi connectivity index (χ1v) is 28.6. The van der Waals surface area contributed by atoms with E-state index >= 15 is 0 Å². The van der Waals surface area contributed by atoms with Gasteiger partial charge in [0.1, 0.15) is 19.8 Å². The smallest absolute Gasteiger partial charge is 0.306 e. The first-order valence-electron chi connectivity index (χ1n) is 27.1. The van der Waals surface area contributed by atoms with Gasteiger partial charge in [-0.3, -0.25) is 14.2 Å². The predicted molar refractivity (Wildman–Crippen MR) is 282 cm³/mol. The van der Waals surface area contributed by atoms with Gasteiger partial charge in [-0.25, -0.2) is 0 Å². The summed E-state index contributed by atoms with van der Waals surface area (Å²) in [6.07, 6.45) is 62.5. The van der Waals surface area contributed by atoms with E-state index in [1.165, 1.54) is 96.3 Å². The zero-order valence-corrected chi connectivity index (χ0v) is 44.7. The second-order valence-electron chi connectivity index (χ2n) is 19.2. The molecule has 0 saturated carbocycles. The Labute approximate surface area is 412 Å². The average Bonchev–Trinajstić information content (AvgIpc) is 3.29. The molecule has 0 heterocycles. The highest BCUT2D eigenvalue weighted by atomic mass is 31.2. The predicted octanol–water partition coefficient (Wildman–Crippen LogP) is 15.9. The maximum atomic E-state index is 12.7. The fourth-order valence-corrected chi connectivity index (χ4v) is 8.00. The lowest BCUT2D eigenvalue weighted by Gasteiger charge is -2.28. The van der Waals surface area contributed by atoms with Crippen LogP contribution >= 0.6 is 7.82 Å². The summed E-state index contributed by atoms with van der Waals surface area (Å²) in [6, 6.07) is 0. The van der Waals surface area contributed by atoms with Gasteiger partial charge in [0.2, 0.25) is 0 Å².